The Morgan fingerprint density at radius 1 is 1.54 bits per heavy atom. The van der Waals surface area contributed by atoms with Gasteiger partial charge in [0.05, 0.1) is 0 Å². The molecule has 1 aromatic rings. The van der Waals surface area contributed by atoms with Crippen molar-refractivity contribution >= 4 is 11.8 Å². The van der Waals surface area contributed by atoms with Gasteiger partial charge in [-0.15, -0.1) is 0 Å². The molecular weight excluding hydrogens is 162 g/mol. The van der Waals surface area contributed by atoms with Gasteiger partial charge in [0.2, 0.25) is 0 Å². The molecule has 0 aliphatic rings. The summed E-state index contributed by atoms with van der Waals surface area (Å²) in [5.41, 5.74) is 8.28. The third-order valence-electron chi connectivity index (χ3n) is 1.86. The van der Waals surface area contributed by atoms with Gasteiger partial charge in [-0.2, -0.15) is 0 Å². The maximum absolute atomic E-state index is 9.25. The van der Waals surface area contributed by atoms with E-state index in [1.54, 1.807) is 12.1 Å². The number of hydrogen-bond donors (Lipinski definition) is 2. The first-order chi connectivity index (χ1) is 6.15. The van der Waals surface area contributed by atoms with Crippen LogP contribution >= 0.6 is 0 Å². The van der Waals surface area contributed by atoms with Crippen LogP contribution in [0.25, 0.3) is 6.08 Å². The van der Waals surface area contributed by atoms with Gasteiger partial charge in [-0.3, -0.25) is 0 Å². The molecule has 2 heteroatoms. The summed E-state index contributed by atoms with van der Waals surface area (Å²) in [7, 11) is 0. The minimum Gasteiger partial charge on any atom is -0.508 e. The molecule has 0 amide bonds. The number of allylic oxidation sites excluding steroid dienone is 1. The van der Waals surface area contributed by atoms with E-state index in [-0.39, 0.29) is 5.76 Å². The third-order valence-corrected chi connectivity index (χ3v) is 1.86. The van der Waals surface area contributed by atoms with Crippen molar-refractivity contribution in [2.24, 2.45) is 0 Å². The topological polar surface area (TPSA) is 46.2 Å². The number of anilines is 1. The standard InChI is InChI=1S/C11H13NO/c1-3-9(13)7-10-8(2)5-4-6-11(10)12/h3-7,13H,1,12H2,2H3/b9-7+. The Balaban J connectivity index is 3.21. The molecule has 68 valence electrons. The van der Waals surface area contributed by atoms with Crippen molar-refractivity contribution in [2.75, 3.05) is 5.73 Å². The zero-order valence-corrected chi connectivity index (χ0v) is 7.62. The summed E-state index contributed by atoms with van der Waals surface area (Å²) < 4.78 is 0. The third kappa shape index (κ3) is 2.12. The maximum Gasteiger partial charge on any atom is 0.115 e. The summed E-state index contributed by atoms with van der Waals surface area (Å²) in [6, 6.07) is 5.63. The number of aryl methyl sites for hydroxylation is 1. The number of nitrogen functional groups attached to an aromatic ring is 1. The minimum atomic E-state index is 0.126. The lowest BCUT2D eigenvalue weighted by Crippen LogP contribution is -1.92. The first-order valence-electron chi connectivity index (χ1n) is 4.03. The fourth-order valence-electron chi connectivity index (χ4n) is 1.11. The van der Waals surface area contributed by atoms with E-state index in [2.05, 4.69) is 6.58 Å². The predicted molar refractivity (Wildman–Crippen MR) is 56.4 cm³/mol. The Kier molecular flexibility index (Phi) is 2.75. The highest BCUT2D eigenvalue weighted by atomic mass is 16.3. The van der Waals surface area contributed by atoms with E-state index in [1.807, 2.05) is 19.1 Å². The van der Waals surface area contributed by atoms with Gasteiger partial charge in [-0.05, 0) is 30.7 Å². The summed E-state index contributed by atoms with van der Waals surface area (Å²) in [4.78, 5) is 0. The highest BCUT2D eigenvalue weighted by Gasteiger charge is 1.99. The van der Waals surface area contributed by atoms with Crippen molar-refractivity contribution in [3.8, 4) is 0 Å². The summed E-state index contributed by atoms with van der Waals surface area (Å²) >= 11 is 0. The Morgan fingerprint density at radius 3 is 2.77 bits per heavy atom. The number of nitrogens with two attached hydrogens (primary N) is 1. The number of rotatable bonds is 2. The van der Waals surface area contributed by atoms with E-state index in [1.165, 1.54) is 6.08 Å². The number of aliphatic hydroxyl groups excluding tert-OH is 1. The second kappa shape index (κ2) is 3.81. The molecule has 0 bridgehead atoms. The Morgan fingerprint density at radius 2 is 2.23 bits per heavy atom. The van der Waals surface area contributed by atoms with Crippen LogP contribution in [-0.2, 0) is 0 Å². The molecule has 0 spiro atoms. The lowest BCUT2D eigenvalue weighted by Gasteiger charge is -2.04. The molecule has 2 nitrogen and oxygen atoms in total. The summed E-state index contributed by atoms with van der Waals surface area (Å²) in [6.45, 7) is 5.40. The van der Waals surface area contributed by atoms with E-state index in [4.69, 9.17) is 5.73 Å². The van der Waals surface area contributed by atoms with Gasteiger partial charge in [0.15, 0.2) is 0 Å². The average Bonchev–Trinajstić information content (AvgIpc) is 2.11. The van der Waals surface area contributed by atoms with Gasteiger partial charge in [0, 0.05) is 11.3 Å². The van der Waals surface area contributed by atoms with Crippen LogP contribution in [0.3, 0.4) is 0 Å². The molecule has 0 atom stereocenters. The van der Waals surface area contributed by atoms with Crippen LogP contribution in [-0.4, -0.2) is 5.11 Å². The van der Waals surface area contributed by atoms with Crippen LogP contribution in [0.15, 0.2) is 36.6 Å². The van der Waals surface area contributed by atoms with Gasteiger partial charge in [-0.1, -0.05) is 18.7 Å². The van der Waals surface area contributed by atoms with Crippen molar-refractivity contribution in [3.63, 3.8) is 0 Å². The molecular formula is C11H13NO. The Labute approximate surface area is 78.0 Å². The zero-order valence-electron chi connectivity index (χ0n) is 7.62. The van der Waals surface area contributed by atoms with E-state index < -0.39 is 0 Å². The maximum atomic E-state index is 9.25. The molecule has 0 aliphatic heterocycles. The van der Waals surface area contributed by atoms with Crippen molar-refractivity contribution in [1.82, 2.24) is 0 Å². The molecule has 0 unspecified atom stereocenters. The first-order valence-corrected chi connectivity index (χ1v) is 4.03. The van der Waals surface area contributed by atoms with Gasteiger partial charge >= 0.3 is 0 Å². The molecule has 0 fully saturated rings. The van der Waals surface area contributed by atoms with Crippen molar-refractivity contribution in [1.29, 1.82) is 0 Å². The van der Waals surface area contributed by atoms with E-state index in [9.17, 15) is 5.11 Å². The monoisotopic (exact) mass is 175 g/mol. The molecule has 0 radical (unpaired) electrons. The molecule has 3 N–H and O–H groups in total. The fourth-order valence-corrected chi connectivity index (χ4v) is 1.11. The highest BCUT2D eigenvalue weighted by Crippen LogP contribution is 2.19. The van der Waals surface area contributed by atoms with Crippen molar-refractivity contribution < 1.29 is 5.11 Å². The number of aliphatic hydroxyl groups is 1. The molecule has 1 aromatic carbocycles. The van der Waals surface area contributed by atoms with E-state index in [0.29, 0.717) is 5.69 Å². The van der Waals surface area contributed by atoms with E-state index >= 15 is 0 Å². The van der Waals surface area contributed by atoms with Gasteiger partial charge in [0.25, 0.3) is 0 Å². The van der Waals surface area contributed by atoms with Crippen LogP contribution in [0.2, 0.25) is 0 Å². The van der Waals surface area contributed by atoms with Crippen molar-refractivity contribution in [3.05, 3.63) is 47.7 Å². The summed E-state index contributed by atoms with van der Waals surface area (Å²) in [5.74, 6) is 0.126. The second-order valence-corrected chi connectivity index (χ2v) is 2.85. The summed E-state index contributed by atoms with van der Waals surface area (Å²) in [6.07, 6.45) is 2.99. The molecule has 0 heterocycles. The van der Waals surface area contributed by atoms with Crippen LogP contribution in [0, 0.1) is 6.92 Å². The molecule has 1 rings (SSSR count). The number of hydrogen-bond acceptors (Lipinski definition) is 2. The first kappa shape index (κ1) is 9.39. The van der Waals surface area contributed by atoms with Gasteiger partial charge in [0.1, 0.15) is 5.76 Å². The quantitative estimate of drug-likeness (QED) is 0.412. The lowest BCUT2D eigenvalue weighted by molar-refractivity contribution is 0.438. The number of benzene rings is 1. The molecule has 0 saturated carbocycles. The second-order valence-electron chi connectivity index (χ2n) is 2.85. The van der Waals surface area contributed by atoms with E-state index in [0.717, 1.165) is 11.1 Å². The molecule has 13 heavy (non-hydrogen) atoms. The molecule has 0 saturated heterocycles. The van der Waals surface area contributed by atoms with Crippen LogP contribution in [0.5, 0.6) is 0 Å². The fraction of sp³-hybridized carbons (Fsp3) is 0.0909. The summed E-state index contributed by atoms with van der Waals surface area (Å²) in [5, 5.41) is 9.25. The smallest absolute Gasteiger partial charge is 0.115 e. The van der Waals surface area contributed by atoms with Crippen LogP contribution in [0.4, 0.5) is 5.69 Å². The van der Waals surface area contributed by atoms with Gasteiger partial charge < -0.3 is 10.8 Å². The minimum absolute atomic E-state index is 0.126. The van der Waals surface area contributed by atoms with Crippen LogP contribution in [0.1, 0.15) is 11.1 Å². The molecule has 0 aromatic heterocycles. The van der Waals surface area contributed by atoms with Gasteiger partial charge in [-0.25, -0.2) is 0 Å². The Bertz CT molecular complexity index is 333. The SMILES string of the molecule is C=C/C(O)=C\c1c(C)cccc1N. The largest absolute Gasteiger partial charge is 0.508 e. The lowest BCUT2D eigenvalue weighted by atomic mass is 10.1. The normalized spacial score (nSPS) is 11.3. The average molecular weight is 175 g/mol. The highest BCUT2D eigenvalue weighted by molar-refractivity contribution is 5.69. The van der Waals surface area contributed by atoms with Crippen LogP contribution < -0.4 is 5.73 Å². The predicted octanol–water partition coefficient (Wildman–Crippen LogP) is 2.66. The van der Waals surface area contributed by atoms with Crippen molar-refractivity contribution in [2.45, 2.75) is 6.92 Å². The Hall–Kier alpha value is -1.70. The zero-order chi connectivity index (χ0) is 9.84. The molecule has 0 aliphatic carbocycles.